The summed E-state index contributed by atoms with van der Waals surface area (Å²) in [6.07, 6.45) is 3.77. The Morgan fingerprint density at radius 2 is 2.05 bits per heavy atom. The second kappa shape index (κ2) is 10.7. The van der Waals surface area contributed by atoms with E-state index in [4.69, 9.17) is 31.2 Å². The van der Waals surface area contributed by atoms with E-state index in [1.165, 1.54) is 18.7 Å². The second-order valence-electron chi connectivity index (χ2n) is 9.20. The number of oxazole rings is 1. The number of fused-ring (bicyclic) bond motifs is 1. The Morgan fingerprint density at radius 1 is 1.22 bits per heavy atom. The van der Waals surface area contributed by atoms with Gasteiger partial charge in [-0.2, -0.15) is 4.98 Å². The fraction of sp³-hybridized carbons (Fsp3) is 0.296. The Hall–Kier alpha value is -3.82. The number of amides is 1. The van der Waals surface area contributed by atoms with Gasteiger partial charge in [-0.3, -0.25) is 14.7 Å². The predicted molar refractivity (Wildman–Crippen MR) is 142 cm³/mol. The summed E-state index contributed by atoms with van der Waals surface area (Å²) in [5, 5.41) is 3.73. The average molecular weight is 522 g/mol. The van der Waals surface area contributed by atoms with Crippen molar-refractivity contribution in [2.45, 2.75) is 38.8 Å². The zero-order valence-electron chi connectivity index (χ0n) is 20.6. The fourth-order valence-electron chi connectivity index (χ4n) is 4.49. The number of benzene rings is 2. The van der Waals surface area contributed by atoms with Gasteiger partial charge in [-0.25, -0.2) is 0 Å². The molecule has 0 spiro atoms. The predicted octanol–water partition coefficient (Wildman–Crippen LogP) is 5.76. The van der Waals surface area contributed by atoms with E-state index in [2.05, 4.69) is 34.0 Å². The third kappa shape index (κ3) is 5.79. The number of halogens is 1. The summed E-state index contributed by atoms with van der Waals surface area (Å²) in [4.78, 5) is 22.3. The third-order valence-corrected chi connectivity index (χ3v) is 6.59. The van der Waals surface area contributed by atoms with Gasteiger partial charge in [-0.1, -0.05) is 11.6 Å². The van der Waals surface area contributed by atoms with E-state index in [1.807, 2.05) is 12.1 Å². The zero-order valence-corrected chi connectivity index (χ0v) is 21.4. The monoisotopic (exact) mass is 521 g/mol. The van der Waals surface area contributed by atoms with Crippen LogP contribution in [0.1, 0.15) is 37.2 Å². The molecule has 10 heteroatoms. The summed E-state index contributed by atoms with van der Waals surface area (Å²) in [6.45, 7) is 6.11. The highest BCUT2D eigenvalue weighted by Crippen LogP contribution is 2.32. The molecule has 1 fully saturated rings. The largest absolute Gasteiger partial charge is 0.490 e. The van der Waals surface area contributed by atoms with Crippen LogP contribution in [0.3, 0.4) is 0 Å². The molecule has 3 heterocycles. The number of rotatable bonds is 9. The number of carbonyl (C=O) groups excluding carboxylic acids is 1. The summed E-state index contributed by atoms with van der Waals surface area (Å²) in [5.41, 5.74) is 7.34. The average Bonchev–Trinajstić information content (AvgIpc) is 3.51. The van der Waals surface area contributed by atoms with E-state index < -0.39 is 5.91 Å². The van der Waals surface area contributed by atoms with Gasteiger partial charge in [0, 0.05) is 42.2 Å². The normalized spacial score (nSPS) is 15.8. The van der Waals surface area contributed by atoms with Crippen molar-refractivity contribution in [3.8, 4) is 17.2 Å². The molecule has 1 saturated heterocycles. The molecule has 5 rings (SSSR count). The van der Waals surface area contributed by atoms with Crippen LogP contribution in [0.25, 0.3) is 11.1 Å². The number of hydrogen-bond acceptors (Lipinski definition) is 8. The molecule has 37 heavy (non-hydrogen) atoms. The van der Waals surface area contributed by atoms with Crippen molar-refractivity contribution in [2.24, 2.45) is 5.73 Å². The molecular weight excluding hydrogens is 494 g/mol. The molecule has 9 nitrogen and oxygen atoms in total. The number of likely N-dealkylation sites (tertiary alicyclic amines) is 1. The summed E-state index contributed by atoms with van der Waals surface area (Å²) in [5.74, 6) is 0.952. The maximum atomic E-state index is 11.4. The minimum atomic E-state index is -0.625. The van der Waals surface area contributed by atoms with Crippen LogP contribution in [0.4, 0.5) is 11.7 Å². The lowest BCUT2D eigenvalue weighted by Gasteiger charge is -2.28. The van der Waals surface area contributed by atoms with Gasteiger partial charge in [0.1, 0.15) is 35.1 Å². The number of nitrogens with zero attached hydrogens (tertiary/aromatic N) is 3. The first-order valence-corrected chi connectivity index (χ1v) is 12.5. The van der Waals surface area contributed by atoms with Crippen LogP contribution >= 0.6 is 11.6 Å². The molecule has 1 atom stereocenters. The maximum absolute atomic E-state index is 11.4. The van der Waals surface area contributed by atoms with Crippen molar-refractivity contribution >= 4 is 40.3 Å². The Morgan fingerprint density at radius 3 is 2.86 bits per heavy atom. The topological polar surface area (TPSA) is 116 Å². The van der Waals surface area contributed by atoms with Gasteiger partial charge in [0.25, 0.3) is 11.9 Å². The number of primary amides is 1. The van der Waals surface area contributed by atoms with Crippen LogP contribution in [0.15, 0.2) is 59.1 Å². The SMILES string of the molecule is CC(C)N1CCC[C@H]1COc1cc(Nc2nc3cc(Oc4ccnc(C(N)=O)c4)ccc3o2)ccc1Cl. The van der Waals surface area contributed by atoms with Gasteiger partial charge in [0.05, 0.1) is 5.02 Å². The van der Waals surface area contributed by atoms with E-state index in [0.29, 0.717) is 58.1 Å². The summed E-state index contributed by atoms with van der Waals surface area (Å²) < 4.78 is 17.8. The summed E-state index contributed by atoms with van der Waals surface area (Å²) >= 11 is 6.41. The smallest absolute Gasteiger partial charge is 0.300 e. The van der Waals surface area contributed by atoms with Crippen molar-refractivity contribution in [2.75, 3.05) is 18.5 Å². The molecule has 0 aliphatic carbocycles. The summed E-state index contributed by atoms with van der Waals surface area (Å²) in [6, 6.07) is 15.0. The van der Waals surface area contributed by atoms with Gasteiger partial charge in [0.2, 0.25) is 0 Å². The van der Waals surface area contributed by atoms with Crippen LogP contribution in [0, 0.1) is 0 Å². The molecular formula is C27H28ClN5O4. The van der Waals surface area contributed by atoms with Crippen LogP contribution in [-0.4, -0.2) is 46.0 Å². The highest BCUT2D eigenvalue weighted by Gasteiger charge is 2.27. The number of carbonyl (C=O) groups is 1. The fourth-order valence-corrected chi connectivity index (χ4v) is 4.66. The number of nitrogens with two attached hydrogens (primary N) is 1. The van der Waals surface area contributed by atoms with Crippen LogP contribution in [-0.2, 0) is 0 Å². The second-order valence-corrected chi connectivity index (χ2v) is 9.61. The van der Waals surface area contributed by atoms with E-state index in [1.54, 1.807) is 30.3 Å². The van der Waals surface area contributed by atoms with Crippen molar-refractivity contribution in [3.63, 3.8) is 0 Å². The van der Waals surface area contributed by atoms with Crippen molar-refractivity contribution < 1.29 is 18.7 Å². The Labute approximate surface area is 219 Å². The number of nitrogens with one attached hydrogen (secondary N) is 1. The lowest BCUT2D eigenvalue weighted by Crippen LogP contribution is -2.39. The molecule has 0 saturated carbocycles. The standard InChI is InChI=1S/C27H28ClN5O4/c1-16(2)33-11-3-4-18(33)15-35-25-12-17(5-7-21(25)28)31-27-32-22-13-19(6-8-24(22)37-27)36-20-9-10-30-23(14-20)26(29)34/h5-10,12-14,16,18H,3-4,11,15H2,1-2H3,(H2,29,34)(H,31,32)/t18-/m0/s1. The van der Waals surface area contributed by atoms with Gasteiger partial charge in [-0.15, -0.1) is 0 Å². The zero-order chi connectivity index (χ0) is 25.9. The van der Waals surface area contributed by atoms with Crippen molar-refractivity contribution in [1.29, 1.82) is 0 Å². The quantitative estimate of drug-likeness (QED) is 0.285. The first-order valence-electron chi connectivity index (χ1n) is 12.1. The van der Waals surface area contributed by atoms with E-state index >= 15 is 0 Å². The molecule has 0 unspecified atom stereocenters. The number of ether oxygens (including phenoxy) is 2. The Bertz CT molecular complexity index is 1420. The first kappa shape index (κ1) is 24.9. The lowest BCUT2D eigenvalue weighted by molar-refractivity contribution is 0.0995. The van der Waals surface area contributed by atoms with Gasteiger partial charge < -0.3 is 24.9 Å². The highest BCUT2D eigenvalue weighted by atomic mass is 35.5. The third-order valence-electron chi connectivity index (χ3n) is 6.28. The Kier molecular flexibility index (Phi) is 7.16. The van der Waals surface area contributed by atoms with Gasteiger partial charge in [0.15, 0.2) is 5.58 Å². The molecule has 4 aromatic rings. The molecule has 2 aromatic heterocycles. The molecule has 1 amide bonds. The number of anilines is 2. The molecule has 0 bridgehead atoms. The van der Waals surface area contributed by atoms with Crippen molar-refractivity contribution in [3.05, 3.63) is 65.4 Å². The lowest BCUT2D eigenvalue weighted by atomic mass is 10.2. The minimum Gasteiger partial charge on any atom is -0.490 e. The Balaban J connectivity index is 1.27. The molecule has 0 radical (unpaired) electrons. The number of hydrogen-bond donors (Lipinski definition) is 2. The molecule has 192 valence electrons. The van der Waals surface area contributed by atoms with Gasteiger partial charge in [-0.05, 0) is 63.6 Å². The van der Waals surface area contributed by atoms with Crippen LogP contribution in [0.2, 0.25) is 5.02 Å². The summed E-state index contributed by atoms with van der Waals surface area (Å²) in [7, 11) is 0. The van der Waals surface area contributed by atoms with Gasteiger partial charge >= 0.3 is 0 Å². The maximum Gasteiger partial charge on any atom is 0.300 e. The first-order chi connectivity index (χ1) is 17.9. The number of aromatic nitrogens is 2. The molecule has 2 aromatic carbocycles. The van der Waals surface area contributed by atoms with Crippen LogP contribution in [0.5, 0.6) is 17.2 Å². The minimum absolute atomic E-state index is 0.123. The van der Waals surface area contributed by atoms with E-state index in [0.717, 1.165) is 18.7 Å². The molecule has 1 aliphatic heterocycles. The number of pyridine rings is 1. The van der Waals surface area contributed by atoms with Crippen LogP contribution < -0.4 is 20.5 Å². The molecule has 1 aliphatic rings. The van der Waals surface area contributed by atoms with E-state index in [9.17, 15) is 4.79 Å². The van der Waals surface area contributed by atoms with E-state index in [-0.39, 0.29) is 5.69 Å². The highest BCUT2D eigenvalue weighted by molar-refractivity contribution is 6.32. The molecule has 3 N–H and O–H groups in total. The van der Waals surface area contributed by atoms with Crippen molar-refractivity contribution in [1.82, 2.24) is 14.9 Å².